The Hall–Kier alpha value is -1.13. The molecule has 1 aromatic carbocycles. The van der Waals surface area contributed by atoms with E-state index in [0.29, 0.717) is 18.8 Å². The van der Waals surface area contributed by atoms with Gasteiger partial charge in [-0.15, -0.1) is 0 Å². The molecule has 2 N–H and O–H groups in total. The summed E-state index contributed by atoms with van der Waals surface area (Å²) < 4.78 is 19.5. The first-order valence-corrected chi connectivity index (χ1v) is 7.55. The minimum atomic E-state index is -0.288. The zero-order valence-electron chi connectivity index (χ0n) is 12.3. The van der Waals surface area contributed by atoms with Crippen LogP contribution in [0.25, 0.3) is 0 Å². The summed E-state index contributed by atoms with van der Waals surface area (Å²) in [5.41, 5.74) is 6.66. The third-order valence-corrected chi connectivity index (χ3v) is 3.65. The summed E-state index contributed by atoms with van der Waals surface area (Å²) in [6.07, 6.45) is 4.17. The molecule has 0 spiro atoms. The highest BCUT2D eigenvalue weighted by Crippen LogP contribution is 2.24. The normalized spacial score (nSPS) is 17.4. The zero-order valence-corrected chi connectivity index (χ0v) is 12.3. The number of rotatable bonds is 7. The van der Waals surface area contributed by atoms with Crippen LogP contribution >= 0.6 is 0 Å². The van der Waals surface area contributed by atoms with Gasteiger partial charge in [0.25, 0.3) is 0 Å². The molecule has 1 aliphatic rings. The van der Waals surface area contributed by atoms with Gasteiger partial charge in [-0.05, 0) is 57.3 Å². The third-order valence-electron chi connectivity index (χ3n) is 3.65. The van der Waals surface area contributed by atoms with Gasteiger partial charge in [0, 0.05) is 12.6 Å². The lowest BCUT2D eigenvalue weighted by atomic mass is 10.1. The second kappa shape index (κ2) is 7.60. The van der Waals surface area contributed by atoms with Crippen LogP contribution in [0.5, 0.6) is 5.75 Å². The lowest BCUT2D eigenvalue weighted by Crippen LogP contribution is -2.22. The molecule has 1 heterocycles. The quantitative estimate of drug-likeness (QED) is 0.780. The van der Waals surface area contributed by atoms with Gasteiger partial charge in [-0.1, -0.05) is 12.1 Å². The van der Waals surface area contributed by atoms with Crippen LogP contribution in [0.15, 0.2) is 18.2 Å². The second-order valence-electron chi connectivity index (χ2n) is 5.66. The molecule has 0 amide bonds. The summed E-state index contributed by atoms with van der Waals surface area (Å²) in [4.78, 5) is 2.44. The van der Waals surface area contributed by atoms with Crippen LogP contribution in [0, 0.1) is 5.82 Å². The molecule has 0 radical (unpaired) electrons. The van der Waals surface area contributed by atoms with Crippen LogP contribution in [0.1, 0.15) is 31.7 Å². The van der Waals surface area contributed by atoms with Gasteiger partial charge >= 0.3 is 0 Å². The molecule has 0 bridgehead atoms. The van der Waals surface area contributed by atoms with E-state index in [1.54, 1.807) is 6.07 Å². The lowest BCUT2D eigenvalue weighted by Gasteiger charge is -2.16. The van der Waals surface area contributed by atoms with Gasteiger partial charge in [-0.3, -0.25) is 0 Å². The molecule has 4 heteroatoms. The molecule has 1 unspecified atom stereocenters. The average molecular weight is 280 g/mol. The maximum atomic E-state index is 13.9. The first-order chi connectivity index (χ1) is 9.66. The number of nitrogens with zero attached hydrogens (tertiary/aromatic N) is 1. The van der Waals surface area contributed by atoms with Crippen molar-refractivity contribution in [1.29, 1.82) is 0 Å². The van der Waals surface area contributed by atoms with E-state index in [4.69, 9.17) is 10.5 Å². The Bertz CT molecular complexity index is 417. The summed E-state index contributed by atoms with van der Waals surface area (Å²) >= 11 is 0. The van der Waals surface area contributed by atoms with Crippen molar-refractivity contribution >= 4 is 0 Å². The molecule has 112 valence electrons. The molecular weight excluding hydrogens is 255 g/mol. The van der Waals surface area contributed by atoms with E-state index in [1.165, 1.54) is 32.0 Å². The highest BCUT2D eigenvalue weighted by Gasteiger charge is 2.13. The number of nitrogens with two attached hydrogens (primary N) is 1. The van der Waals surface area contributed by atoms with E-state index in [-0.39, 0.29) is 11.9 Å². The first kappa shape index (κ1) is 15.3. The van der Waals surface area contributed by atoms with Crippen LogP contribution in [0.4, 0.5) is 4.39 Å². The number of ether oxygens (including phenoxy) is 1. The van der Waals surface area contributed by atoms with Crippen molar-refractivity contribution in [1.82, 2.24) is 4.90 Å². The van der Waals surface area contributed by atoms with Crippen LogP contribution in [0.2, 0.25) is 0 Å². The Morgan fingerprint density at radius 3 is 2.80 bits per heavy atom. The van der Waals surface area contributed by atoms with Crippen molar-refractivity contribution in [3.8, 4) is 5.75 Å². The molecule has 1 aromatic rings. The average Bonchev–Trinajstić information content (AvgIpc) is 2.89. The number of likely N-dealkylation sites (tertiary alicyclic amines) is 1. The van der Waals surface area contributed by atoms with Crippen molar-refractivity contribution in [2.45, 2.75) is 38.6 Å². The maximum Gasteiger partial charge on any atom is 0.165 e. The van der Waals surface area contributed by atoms with Gasteiger partial charge in [-0.25, -0.2) is 4.39 Å². The Balaban J connectivity index is 1.84. The Labute approximate surface area is 120 Å². The van der Waals surface area contributed by atoms with Crippen LogP contribution < -0.4 is 10.5 Å². The standard InChI is InChI=1S/C16H25FN2O/c1-13(18)12-14-6-4-7-15(17)16(14)20-11-5-10-19-8-2-3-9-19/h4,6-7,13H,2-3,5,8-12,18H2,1H3. The zero-order chi connectivity index (χ0) is 14.4. The predicted molar refractivity (Wildman–Crippen MR) is 79.5 cm³/mol. The van der Waals surface area contributed by atoms with E-state index in [1.807, 2.05) is 13.0 Å². The Morgan fingerprint density at radius 1 is 1.35 bits per heavy atom. The van der Waals surface area contributed by atoms with E-state index in [0.717, 1.165) is 18.5 Å². The molecule has 20 heavy (non-hydrogen) atoms. The summed E-state index contributed by atoms with van der Waals surface area (Å²) in [7, 11) is 0. The highest BCUT2D eigenvalue weighted by molar-refractivity contribution is 5.35. The fraction of sp³-hybridized carbons (Fsp3) is 0.625. The number of benzene rings is 1. The van der Waals surface area contributed by atoms with E-state index in [2.05, 4.69) is 4.90 Å². The van der Waals surface area contributed by atoms with E-state index < -0.39 is 0 Å². The number of hydrogen-bond acceptors (Lipinski definition) is 3. The van der Waals surface area contributed by atoms with Gasteiger partial charge < -0.3 is 15.4 Å². The van der Waals surface area contributed by atoms with Crippen molar-refractivity contribution < 1.29 is 9.13 Å². The smallest absolute Gasteiger partial charge is 0.165 e. The second-order valence-corrected chi connectivity index (χ2v) is 5.66. The fourth-order valence-corrected chi connectivity index (χ4v) is 2.69. The highest BCUT2D eigenvalue weighted by atomic mass is 19.1. The summed E-state index contributed by atoms with van der Waals surface area (Å²) in [6.45, 7) is 5.90. The number of hydrogen-bond donors (Lipinski definition) is 1. The summed E-state index contributed by atoms with van der Waals surface area (Å²) in [5, 5.41) is 0. The van der Waals surface area contributed by atoms with E-state index in [9.17, 15) is 4.39 Å². The molecule has 1 aliphatic heterocycles. The topological polar surface area (TPSA) is 38.5 Å². The minimum absolute atomic E-state index is 0.00347. The first-order valence-electron chi connectivity index (χ1n) is 7.55. The SMILES string of the molecule is CC(N)Cc1cccc(F)c1OCCCN1CCCC1. The molecular formula is C16H25FN2O. The predicted octanol–water partition coefficient (Wildman–Crippen LogP) is 2.58. The molecule has 0 saturated carbocycles. The van der Waals surface area contributed by atoms with Crippen molar-refractivity contribution in [3.63, 3.8) is 0 Å². The van der Waals surface area contributed by atoms with Crippen LogP contribution in [0.3, 0.4) is 0 Å². The largest absolute Gasteiger partial charge is 0.490 e. The molecule has 1 saturated heterocycles. The number of para-hydroxylation sites is 1. The fourth-order valence-electron chi connectivity index (χ4n) is 2.69. The van der Waals surface area contributed by atoms with Gasteiger partial charge in [0.2, 0.25) is 0 Å². The Morgan fingerprint density at radius 2 is 2.10 bits per heavy atom. The summed E-state index contributed by atoms with van der Waals surface area (Å²) in [6, 6.07) is 5.05. The van der Waals surface area contributed by atoms with Gasteiger partial charge in [-0.2, -0.15) is 0 Å². The van der Waals surface area contributed by atoms with Crippen LogP contribution in [-0.2, 0) is 6.42 Å². The van der Waals surface area contributed by atoms with E-state index >= 15 is 0 Å². The van der Waals surface area contributed by atoms with Crippen molar-refractivity contribution in [2.24, 2.45) is 5.73 Å². The monoisotopic (exact) mass is 280 g/mol. The minimum Gasteiger partial charge on any atom is -0.490 e. The van der Waals surface area contributed by atoms with Gasteiger partial charge in [0.1, 0.15) is 0 Å². The third kappa shape index (κ3) is 4.46. The Kier molecular flexibility index (Phi) is 5.80. The maximum absolute atomic E-state index is 13.9. The molecule has 3 nitrogen and oxygen atoms in total. The van der Waals surface area contributed by atoms with Gasteiger partial charge in [0.05, 0.1) is 6.61 Å². The number of halogens is 1. The van der Waals surface area contributed by atoms with Crippen molar-refractivity contribution in [3.05, 3.63) is 29.6 Å². The van der Waals surface area contributed by atoms with Crippen molar-refractivity contribution in [2.75, 3.05) is 26.2 Å². The van der Waals surface area contributed by atoms with Gasteiger partial charge in [0.15, 0.2) is 11.6 Å². The molecule has 2 rings (SSSR count). The molecule has 1 fully saturated rings. The molecule has 1 atom stereocenters. The van der Waals surface area contributed by atoms with Crippen LogP contribution in [-0.4, -0.2) is 37.2 Å². The molecule has 0 aliphatic carbocycles. The summed E-state index contributed by atoms with van der Waals surface area (Å²) in [5.74, 6) is 0.0931. The molecule has 0 aromatic heterocycles. The lowest BCUT2D eigenvalue weighted by molar-refractivity contribution is 0.253.